The van der Waals surface area contributed by atoms with Crippen LogP contribution in [-0.2, 0) is 4.79 Å². The number of pyridine rings is 1. The Morgan fingerprint density at radius 3 is 2.36 bits per heavy atom. The van der Waals surface area contributed by atoms with Crippen molar-refractivity contribution >= 4 is 57.3 Å². The number of nitriles is 1. The number of hydrogen-bond acceptors (Lipinski definition) is 7. The first-order valence-electron chi connectivity index (χ1n) is 12.8. The number of thiazole rings is 1. The van der Waals surface area contributed by atoms with Gasteiger partial charge in [0.1, 0.15) is 16.8 Å². The maximum Gasteiger partial charge on any atom is 0.226 e. The van der Waals surface area contributed by atoms with Gasteiger partial charge in [-0.05, 0) is 55.0 Å². The second kappa shape index (κ2) is 13.4. The maximum atomic E-state index is 12.8. The van der Waals surface area contributed by atoms with E-state index in [9.17, 15) is 10.1 Å². The van der Waals surface area contributed by atoms with E-state index in [1.165, 1.54) is 23.1 Å². The Labute approximate surface area is 262 Å². The van der Waals surface area contributed by atoms with Gasteiger partial charge in [0.2, 0.25) is 5.91 Å². The van der Waals surface area contributed by atoms with Gasteiger partial charge in [-0.3, -0.25) is 4.79 Å². The zero-order valence-electron chi connectivity index (χ0n) is 22.7. The van der Waals surface area contributed by atoms with Crippen LogP contribution in [0, 0.1) is 18.3 Å². The summed E-state index contributed by atoms with van der Waals surface area (Å²) in [6.45, 7) is 2.02. The second-order valence-electron chi connectivity index (χ2n) is 9.25. The summed E-state index contributed by atoms with van der Waals surface area (Å²) >= 11 is 14.9. The predicted octanol–water partition coefficient (Wildman–Crippen LogP) is 9.16. The first-order valence-corrected chi connectivity index (χ1v) is 15.5. The molecule has 0 aliphatic heterocycles. The number of carbonyl (C=O) groups is 1. The Balaban J connectivity index is 1.33. The van der Waals surface area contributed by atoms with Gasteiger partial charge in [0.15, 0.2) is 5.13 Å². The summed E-state index contributed by atoms with van der Waals surface area (Å²) in [4.78, 5) is 22.1. The number of methoxy groups -OCH3 is 1. The molecule has 0 radical (unpaired) electrons. The highest BCUT2D eigenvalue weighted by Gasteiger charge is 2.17. The molecule has 0 spiro atoms. The van der Waals surface area contributed by atoms with Crippen LogP contribution in [0.5, 0.6) is 5.75 Å². The van der Waals surface area contributed by atoms with Crippen molar-refractivity contribution in [2.45, 2.75) is 18.4 Å². The zero-order valence-corrected chi connectivity index (χ0v) is 25.8. The van der Waals surface area contributed by atoms with Crippen molar-refractivity contribution in [2.75, 3.05) is 18.2 Å². The number of hydrogen-bond donors (Lipinski definition) is 1. The van der Waals surface area contributed by atoms with Crippen LogP contribution >= 0.6 is 46.3 Å². The van der Waals surface area contributed by atoms with Gasteiger partial charge in [-0.2, -0.15) is 5.26 Å². The number of benzene rings is 3. The van der Waals surface area contributed by atoms with E-state index in [1.54, 1.807) is 19.2 Å². The normalized spacial score (nSPS) is 10.7. The van der Waals surface area contributed by atoms with E-state index in [4.69, 9.17) is 32.9 Å². The standard InChI is InChI=1S/C32H24Cl2N4O2S2/c1-19-3-5-20(6-4-19)24-16-28(21-7-10-23(40-2)11-8-21)36-31(25(24)17-35)41-14-13-30(39)38-32-37-29(18-42-32)22-9-12-26(33)27(34)15-22/h3-12,15-16,18H,13-14H2,1-2H3,(H,37,38,39). The van der Waals surface area contributed by atoms with Gasteiger partial charge in [0.25, 0.3) is 0 Å². The van der Waals surface area contributed by atoms with Crippen LogP contribution in [0.3, 0.4) is 0 Å². The first kappa shape index (κ1) is 29.6. The number of halogens is 2. The number of aryl methyl sites for hydroxylation is 1. The summed E-state index contributed by atoms with van der Waals surface area (Å²) in [6.07, 6.45) is 0.214. The highest BCUT2D eigenvalue weighted by atomic mass is 35.5. The van der Waals surface area contributed by atoms with Gasteiger partial charge in [0.05, 0.1) is 34.1 Å². The quantitative estimate of drug-likeness (QED) is 0.163. The molecule has 0 saturated carbocycles. The smallest absolute Gasteiger partial charge is 0.226 e. The highest BCUT2D eigenvalue weighted by Crippen LogP contribution is 2.35. The molecule has 42 heavy (non-hydrogen) atoms. The maximum absolute atomic E-state index is 12.8. The Hall–Kier alpha value is -3.87. The van der Waals surface area contributed by atoms with Crippen LogP contribution in [0.4, 0.5) is 5.13 Å². The van der Waals surface area contributed by atoms with Crippen molar-refractivity contribution in [2.24, 2.45) is 0 Å². The van der Waals surface area contributed by atoms with E-state index >= 15 is 0 Å². The van der Waals surface area contributed by atoms with Crippen LogP contribution in [0.1, 0.15) is 17.5 Å². The largest absolute Gasteiger partial charge is 0.497 e. The summed E-state index contributed by atoms with van der Waals surface area (Å²) in [5.74, 6) is 0.995. The summed E-state index contributed by atoms with van der Waals surface area (Å²) in [6, 6.07) is 25.3. The van der Waals surface area contributed by atoms with Gasteiger partial charge in [-0.15, -0.1) is 23.1 Å². The van der Waals surface area contributed by atoms with Crippen molar-refractivity contribution in [3.05, 3.63) is 99.3 Å². The molecular weight excluding hydrogens is 607 g/mol. The van der Waals surface area contributed by atoms with Crippen LogP contribution in [0.25, 0.3) is 33.6 Å². The lowest BCUT2D eigenvalue weighted by Crippen LogP contribution is -2.12. The lowest BCUT2D eigenvalue weighted by molar-refractivity contribution is -0.115. The topological polar surface area (TPSA) is 87.9 Å². The number of carbonyl (C=O) groups excluding carboxylic acids is 1. The summed E-state index contributed by atoms with van der Waals surface area (Å²) in [7, 11) is 1.62. The number of amides is 1. The van der Waals surface area contributed by atoms with Gasteiger partial charge in [0, 0.05) is 34.2 Å². The van der Waals surface area contributed by atoms with Crippen LogP contribution in [0.15, 0.2) is 83.2 Å². The van der Waals surface area contributed by atoms with Crippen molar-refractivity contribution < 1.29 is 9.53 Å². The lowest BCUT2D eigenvalue weighted by Gasteiger charge is -2.13. The number of anilines is 1. The third-order valence-electron chi connectivity index (χ3n) is 6.38. The Morgan fingerprint density at radius 2 is 1.67 bits per heavy atom. The summed E-state index contributed by atoms with van der Waals surface area (Å²) < 4.78 is 5.30. The van der Waals surface area contributed by atoms with Gasteiger partial charge in [-0.25, -0.2) is 9.97 Å². The molecule has 2 aromatic heterocycles. The number of thioether (sulfide) groups is 1. The number of aromatic nitrogens is 2. The second-order valence-corrected chi connectivity index (χ2v) is 12.0. The van der Waals surface area contributed by atoms with E-state index in [2.05, 4.69) is 16.4 Å². The molecule has 6 nitrogen and oxygen atoms in total. The van der Waals surface area contributed by atoms with Gasteiger partial charge < -0.3 is 10.1 Å². The average Bonchev–Trinajstić information content (AvgIpc) is 3.47. The van der Waals surface area contributed by atoms with E-state index in [1.807, 2.05) is 73.0 Å². The Bertz CT molecular complexity index is 1780. The summed E-state index contributed by atoms with van der Waals surface area (Å²) in [5.41, 5.74) is 6.47. The van der Waals surface area contributed by atoms with E-state index in [-0.39, 0.29) is 12.3 Å². The molecule has 0 unspecified atom stereocenters. The minimum atomic E-state index is -0.180. The molecule has 0 fully saturated rings. The van der Waals surface area contributed by atoms with Crippen molar-refractivity contribution in [3.8, 4) is 45.5 Å². The van der Waals surface area contributed by atoms with Gasteiger partial charge >= 0.3 is 0 Å². The highest BCUT2D eigenvalue weighted by molar-refractivity contribution is 7.99. The Kier molecular flexibility index (Phi) is 9.45. The minimum Gasteiger partial charge on any atom is -0.497 e. The fourth-order valence-corrected chi connectivity index (χ4v) is 6.12. The molecule has 10 heteroatoms. The van der Waals surface area contributed by atoms with E-state index < -0.39 is 0 Å². The molecule has 0 aliphatic rings. The monoisotopic (exact) mass is 630 g/mol. The minimum absolute atomic E-state index is 0.180. The molecule has 1 N–H and O–H groups in total. The molecule has 0 atom stereocenters. The molecule has 3 aromatic carbocycles. The predicted molar refractivity (Wildman–Crippen MR) is 173 cm³/mol. The van der Waals surface area contributed by atoms with Crippen molar-refractivity contribution in [3.63, 3.8) is 0 Å². The Morgan fingerprint density at radius 1 is 0.952 bits per heavy atom. The third-order valence-corrected chi connectivity index (χ3v) is 8.85. The SMILES string of the molecule is COc1ccc(-c2cc(-c3ccc(C)cc3)c(C#N)c(SCCC(=O)Nc3nc(-c4ccc(Cl)c(Cl)c4)cs3)n2)cc1. The fourth-order valence-electron chi connectivity index (χ4n) is 4.15. The molecular formula is C32H24Cl2N4O2S2. The average molecular weight is 632 g/mol. The van der Waals surface area contributed by atoms with E-state index in [0.717, 1.165) is 39.3 Å². The molecule has 5 rings (SSSR count). The van der Waals surface area contributed by atoms with Gasteiger partial charge in [-0.1, -0.05) is 59.1 Å². The van der Waals surface area contributed by atoms with E-state index in [0.29, 0.717) is 37.2 Å². The van der Waals surface area contributed by atoms with Crippen LogP contribution < -0.4 is 10.1 Å². The van der Waals surface area contributed by atoms with Crippen LogP contribution in [-0.4, -0.2) is 28.7 Å². The summed E-state index contributed by atoms with van der Waals surface area (Å²) in [5, 5.41) is 16.8. The molecule has 210 valence electrons. The fraction of sp³-hybridized carbons (Fsp3) is 0.125. The zero-order chi connectivity index (χ0) is 29.6. The third kappa shape index (κ3) is 6.94. The number of ether oxygens (including phenoxy) is 1. The first-order chi connectivity index (χ1) is 20.3. The molecule has 5 aromatic rings. The number of nitrogens with zero attached hydrogens (tertiary/aromatic N) is 3. The molecule has 0 saturated heterocycles. The van der Waals surface area contributed by atoms with Crippen LogP contribution in [0.2, 0.25) is 10.0 Å². The molecule has 1 amide bonds. The molecule has 2 heterocycles. The van der Waals surface area contributed by atoms with Crippen molar-refractivity contribution in [1.29, 1.82) is 5.26 Å². The molecule has 0 bridgehead atoms. The molecule has 0 aliphatic carbocycles. The lowest BCUT2D eigenvalue weighted by atomic mass is 9.98. The number of rotatable bonds is 9. The number of nitrogens with one attached hydrogen (secondary N) is 1. The van der Waals surface area contributed by atoms with Crippen molar-refractivity contribution in [1.82, 2.24) is 9.97 Å².